The van der Waals surface area contributed by atoms with Crippen molar-refractivity contribution in [2.24, 2.45) is 11.8 Å². The predicted molar refractivity (Wildman–Crippen MR) is 101 cm³/mol. The number of piperidine rings is 1. The lowest BCUT2D eigenvalue weighted by molar-refractivity contribution is -0.142. The third kappa shape index (κ3) is 3.79. The number of rotatable bonds is 4. The van der Waals surface area contributed by atoms with Crippen LogP contribution in [0.3, 0.4) is 0 Å². The van der Waals surface area contributed by atoms with Crippen LogP contribution in [0.2, 0.25) is 0 Å². The first-order chi connectivity index (χ1) is 12.6. The maximum atomic E-state index is 13.3. The van der Waals surface area contributed by atoms with E-state index in [-0.39, 0.29) is 29.7 Å². The summed E-state index contributed by atoms with van der Waals surface area (Å²) in [6, 6.07) is 9.02. The second-order valence-corrected chi connectivity index (χ2v) is 8.46. The molecule has 3 fully saturated rings. The molecule has 2 atom stereocenters. The fourth-order valence-corrected chi connectivity index (χ4v) is 4.61. The molecule has 0 unspecified atom stereocenters. The van der Waals surface area contributed by atoms with Crippen LogP contribution in [-0.2, 0) is 9.59 Å². The number of carbonyl (C=O) groups excluding carboxylic acids is 2. The highest BCUT2D eigenvalue weighted by Gasteiger charge is 2.39. The summed E-state index contributed by atoms with van der Waals surface area (Å²) in [7, 11) is 0. The van der Waals surface area contributed by atoms with Gasteiger partial charge in [-0.3, -0.25) is 9.59 Å². The van der Waals surface area contributed by atoms with Gasteiger partial charge in [0, 0.05) is 18.5 Å². The van der Waals surface area contributed by atoms with Crippen LogP contribution < -0.4 is 5.32 Å². The van der Waals surface area contributed by atoms with Gasteiger partial charge in [0.2, 0.25) is 11.8 Å². The van der Waals surface area contributed by atoms with E-state index in [0.717, 1.165) is 51.4 Å². The van der Waals surface area contributed by atoms with Crippen LogP contribution >= 0.6 is 0 Å². The molecule has 4 heteroatoms. The molecule has 0 radical (unpaired) electrons. The van der Waals surface area contributed by atoms with Crippen molar-refractivity contribution < 1.29 is 9.59 Å². The van der Waals surface area contributed by atoms with Gasteiger partial charge in [-0.1, -0.05) is 42.7 Å². The Balaban J connectivity index is 1.54. The number of carbonyl (C=O) groups is 2. The van der Waals surface area contributed by atoms with Gasteiger partial charge >= 0.3 is 0 Å². The normalized spacial score (nSPS) is 26.7. The van der Waals surface area contributed by atoms with Gasteiger partial charge in [0.15, 0.2) is 0 Å². The van der Waals surface area contributed by atoms with Crippen molar-refractivity contribution >= 4 is 11.8 Å². The molecule has 1 N–H and O–H groups in total. The van der Waals surface area contributed by atoms with E-state index in [1.54, 1.807) is 0 Å². The summed E-state index contributed by atoms with van der Waals surface area (Å²) in [5.74, 6) is 0.534. The van der Waals surface area contributed by atoms with Gasteiger partial charge in [-0.2, -0.15) is 0 Å². The summed E-state index contributed by atoms with van der Waals surface area (Å²) in [5, 5.41) is 3.14. The minimum absolute atomic E-state index is 0.0537. The molecule has 2 aliphatic carbocycles. The van der Waals surface area contributed by atoms with E-state index >= 15 is 0 Å². The second-order valence-electron chi connectivity index (χ2n) is 8.46. The fraction of sp³-hybridized carbons (Fsp3) is 0.636. The number of nitrogens with one attached hydrogen (secondary N) is 1. The van der Waals surface area contributed by atoms with Gasteiger partial charge in [0.1, 0.15) is 0 Å². The minimum Gasteiger partial charge on any atom is -0.353 e. The number of hydrogen-bond acceptors (Lipinski definition) is 2. The molecule has 4 nitrogen and oxygen atoms in total. The molecule has 3 aliphatic rings. The van der Waals surface area contributed by atoms with Crippen molar-refractivity contribution in [2.75, 3.05) is 6.54 Å². The highest BCUT2D eigenvalue weighted by atomic mass is 16.2. The third-order valence-electron chi connectivity index (χ3n) is 6.29. The molecule has 26 heavy (non-hydrogen) atoms. The molecule has 4 rings (SSSR count). The number of nitrogens with zero attached hydrogens (tertiary/aromatic N) is 1. The number of likely N-dealkylation sites (tertiary alicyclic amines) is 1. The van der Waals surface area contributed by atoms with E-state index in [0.29, 0.717) is 12.6 Å². The minimum atomic E-state index is -0.0537. The molecule has 2 saturated carbocycles. The van der Waals surface area contributed by atoms with Crippen LogP contribution in [0.15, 0.2) is 24.3 Å². The van der Waals surface area contributed by atoms with Crippen LogP contribution in [0.5, 0.6) is 0 Å². The molecule has 140 valence electrons. The number of benzene rings is 1. The maximum absolute atomic E-state index is 13.3. The zero-order valence-electron chi connectivity index (χ0n) is 15.7. The molecule has 0 bridgehead atoms. The Morgan fingerprint density at radius 1 is 1.00 bits per heavy atom. The van der Waals surface area contributed by atoms with Crippen molar-refractivity contribution in [3.63, 3.8) is 0 Å². The SMILES string of the molecule is Cc1cccc([C@@H]2CC[C@H](C(=O)NC3CC3)CN2C(=O)C2CCCC2)c1. The average Bonchev–Trinajstić information content (AvgIpc) is 3.29. The van der Waals surface area contributed by atoms with E-state index in [2.05, 4.69) is 36.5 Å². The summed E-state index contributed by atoms with van der Waals surface area (Å²) in [6.45, 7) is 2.67. The zero-order chi connectivity index (χ0) is 18.1. The van der Waals surface area contributed by atoms with Gasteiger partial charge in [-0.25, -0.2) is 0 Å². The standard InChI is InChI=1S/C22H30N2O2/c1-15-5-4-8-17(13-15)20-12-9-18(21(25)23-19-10-11-19)14-24(20)22(26)16-6-2-3-7-16/h4-5,8,13,16,18-20H,2-3,6-7,9-12,14H2,1H3,(H,23,25)/t18-,20-/m0/s1. The molecule has 1 aliphatic heterocycles. The van der Waals surface area contributed by atoms with Gasteiger partial charge in [-0.05, 0) is 51.0 Å². The first-order valence-corrected chi connectivity index (χ1v) is 10.3. The Labute approximate surface area is 156 Å². The van der Waals surface area contributed by atoms with Crippen molar-refractivity contribution in [1.82, 2.24) is 10.2 Å². The Hall–Kier alpha value is -1.84. The zero-order valence-corrected chi connectivity index (χ0v) is 15.7. The van der Waals surface area contributed by atoms with Gasteiger partial charge in [0.25, 0.3) is 0 Å². The van der Waals surface area contributed by atoms with Crippen molar-refractivity contribution in [3.05, 3.63) is 35.4 Å². The number of aryl methyl sites for hydroxylation is 1. The smallest absolute Gasteiger partial charge is 0.226 e. The largest absolute Gasteiger partial charge is 0.353 e. The van der Waals surface area contributed by atoms with Crippen molar-refractivity contribution in [1.29, 1.82) is 0 Å². The Bertz CT molecular complexity index is 676. The van der Waals surface area contributed by atoms with Crippen LogP contribution in [0.1, 0.15) is 68.5 Å². The topological polar surface area (TPSA) is 49.4 Å². The third-order valence-corrected chi connectivity index (χ3v) is 6.29. The van der Waals surface area contributed by atoms with Crippen molar-refractivity contribution in [3.8, 4) is 0 Å². The quantitative estimate of drug-likeness (QED) is 0.895. The summed E-state index contributed by atoms with van der Waals surface area (Å²) in [6.07, 6.45) is 8.29. The van der Waals surface area contributed by atoms with Crippen LogP contribution in [-0.4, -0.2) is 29.3 Å². The maximum Gasteiger partial charge on any atom is 0.226 e. The van der Waals surface area contributed by atoms with E-state index in [4.69, 9.17) is 0 Å². The molecule has 1 aromatic rings. The Morgan fingerprint density at radius 3 is 2.46 bits per heavy atom. The lowest BCUT2D eigenvalue weighted by atomic mass is 9.86. The summed E-state index contributed by atoms with van der Waals surface area (Å²) in [4.78, 5) is 27.9. The monoisotopic (exact) mass is 354 g/mol. The first kappa shape index (κ1) is 17.6. The summed E-state index contributed by atoms with van der Waals surface area (Å²) < 4.78 is 0. The Kier molecular flexibility index (Phi) is 5.01. The summed E-state index contributed by atoms with van der Waals surface area (Å²) in [5.41, 5.74) is 2.45. The van der Waals surface area contributed by atoms with Gasteiger partial charge in [0.05, 0.1) is 12.0 Å². The van der Waals surface area contributed by atoms with Crippen LogP contribution in [0.25, 0.3) is 0 Å². The van der Waals surface area contributed by atoms with E-state index < -0.39 is 0 Å². The number of amides is 2. The molecule has 0 spiro atoms. The fourth-order valence-electron chi connectivity index (χ4n) is 4.61. The molecule has 0 aromatic heterocycles. The van der Waals surface area contributed by atoms with Gasteiger partial charge in [-0.15, -0.1) is 0 Å². The predicted octanol–water partition coefficient (Wildman–Crippen LogP) is 3.74. The molecule has 1 saturated heterocycles. The second kappa shape index (κ2) is 7.42. The first-order valence-electron chi connectivity index (χ1n) is 10.3. The molecule has 2 amide bonds. The molecular formula is C22H30N2O2. The lowest BCUT2D eigenvalue weighted by Gasteiger charge is -2.41. The molecule has 1 aromatic carbocycles. The lowest BCUT2D eigenvalue weighted by Crippen LogP contribution is -2.48. The Morgan fingerprint density at radius 2 is 1.77 bits per heavy atom. The highest BCUT2D eigenvalue weighted by molar-refractivity contribution is 5.83. The van der Waals surface area contributed by atoms with Crippen LogP contribution in [0.4, 0.5) is 0 Å². The summed E-state index contributed by atoms with van der Waals surface area (Å²) >= 11 is 0. The van der Waals surface area contributed by atoms with Gasteiger partial charge < -0.3 is 10.2 Å². The number of hydrogen-bond donors (Lipinski definition) is 1. The highest BCUT2D eigenvalue weighted by Crippen LogP contribution is 2.37. The molecule has 1 heterocycles. The van der Waals surface area contributed by atoms with Crippen LogP contribution in [0, 0.1) is 18.8 Å². The average molecular weight is 354 g/mol. The molecular weight excluding hydrogens is 324 g/mol. The van der Waals surface area contributed by atoms with E-state index in [1.807, 2.05) is 4.90 Å². The van der Waals surface area contributed by atoms with Crippen molar-refractivity contribution in [2.45, 2.75) is 70.4 Å². The van der Waals surface area contributed by atoms with E-state index in [1.165, 1.54) is 11.1 Å². The van der Waals surface area contributed by atoms with E-state index in [9.17, 15) is 9.59 Å².